The standard InChI is InChI=1S/C10H10N2O2S.C3H7NOS/c1-14-9(13)6-11-10-12-7-4-2-3-5-8(7)15-10;1-3(2)6-4-5/h2-5H,6H2,1H3,(H,11,12);3H,1-2H3. The summed E-state index contributed by atoms with van der Waals surface area (Å²) in [7, 11) is 1.36. The highest BCUT2D eigenvalue weighted by Gasteiger charge is 2.04. The first-order valence-electron chi connectivity index (χ1n) is 6.21. The number of benzene rings is 1. The predicted molar refractivity (Wildman–Crippen MR) is 88.6 cm³/mol. The number of carbonyl (C=O) groups is 1. The summed E-state index contributed by atoms with van der Waals surface area (Å²) in [4.78, 5) is 24.5. The van der Waals surface area contributed by atoms with Crippen LogP contribution in [0.3, 0.4) is 0 Å². The summed E-state index contributed by atoms with van der Waals surface area (Å²) in [6.45, 7) is 3.99. The molecule has 0 atom stereocenters. The molecule has 0 aliphatic rings. The van der Waals surface area contributed by atoms with Gasteiger partial charge >= 0.3 is 5.97 Å². The highest BCUT2D eigenvalue weighted by molar-refractivity contribution is 7.98. The number of thiazole rings is 1. The zero-order chi connectivity index (χ0) is 15.7. The molecule has 1 N–H and O–H groups in total. The van der Waals surface area contributed by atoms with Crippen LogP contribution in [0.15, 0.2) is 28.8 Å². The minimum atomic E-state index is -0.297. The number of methoxy groups -OCH3 is 1. The molecule has 0 amide bonds. The molecule has 1 aromatic heterocycles. The first kappa shape index (κ1) is 17.4. The second-order valence-corrected chi connectivity index (χ2v) is 6.48. The van der Waals surface area contributed by atoms with Crippen LogP contribution in [0.2, 0.25) is 0 Å². The lowest BCUT2D eigenvalue weighted by molar-refractivity contribution is -0.138. The first-order valence-corrected chi connectivity index (χ1v) is 7.87. The monoisotopic (exact) mass is 327 g/mol. The third-order valence-electron chi connectivity index (χ3n) is 2.16. The second kappa shape index (κ2) is 9.30. The molecule has 0 radical (unpaired) electrons. The lowest BCUT2D eigenvalue weighted by Gasteiger charge is -1.98. The van der Waals surface area contributed by atoms with Crippen molar-refractivity contribution in [1.29, 1.82) is 0 Å². The molecule has 2 rings (SSSR count). The number of fused-ring (bicyclic) bond motifs is 1. The van der Waals surface area contributed by atoms with E-state index in [1.54, 1.807) is 0 Å². The van der Waals surface area contributed by atoms with Crippen LogP contribution < -0.4 is 5.32 Å². The summed E-state index contributed by atoms with van der Waals surface area (Å²) < 4.78 is 8.23. The Morgan fingerprint density at radius 1 is 1.48 bits per heavy atom. The van der Waals surface area contributed by atoms with Crippen molar-refractivity contribution < 1.29 is 9.53 Å². The fourth-order valence-electron chi connectivity index (χ4n) is 1.25. The lowest BCUT2D eigenvalue weighted by atomic mass is 10.3. The maximum Gasteiger partial charge on any atom is 0.325 e. The van der Waals surface area contributed by atoms with Gasteiger partial charge in [0.2, 0.25) is 0 Å². The fourth-order valence-corrected chi connectivity index (χ4v) is 2.29. The van der Waals surface area contributed by atoms with Crippen molar-refractivity contribution >= 4 is 44.6 Å². The molecule has 0 saturated heterocycles. The number of ether oxygens (including phenoxy) is 1. The number of nitrogens with zero attached hydrogens (tertiary/aromatic N) is 2. The van der Waals surface area contributed by atoms with E-state index in [0.717, 1.165) is 27.3 Å². The third kappa shape index (κ3) is 6.54. The predicted octanol–water partition coefficient (Wildman–Crippen LogP) is 3.69. The van der Waals surface area contributed by atoms with Crippen LogP contribution in [-0.4, -0.2) is 29.9 Å². The van der Waals surface area contributed by atoms with Gasteiger partial charge in [-0.1, -0.05) is 37.3 Å². The van der Waals surface area contributed by atoms with E-state index >= 15 is 0 Å². The first-order chi connectivity index (χ1) is 10.1. The van der Waals surface area contributed by atoms with Gasteiger partial charge in [-0.15, -0.1) is 4.91 Å². The normalized spacial score (nSPS) is 9.90. The lowest BCUT2D eigenvalue weighted by Crippen LogP contribution is -2.14. The molecule has 0 saturated carbocycles. The zero-order valence-electron chi connectivity index (χ0n) is 12.0. The Balaban J connectivity index is 0.000000315. The number of rotatable bonds is 5. The van der Waals surface area contributed by atoms with Crippen LogP contribution in [0, 0.1) is 4.91 Å². The van der Waals surface area contributed by atoms with Gasteiger partial charge in [0.1, 0.15) is 6.54 Å². The van der Waals surface area contributed by atoms with Gasteiger partial charge in [0.15, 0.2) is 5.13 Å². The number of carbonyl (C=O) groups excluding carboxylic acids is 1. The molecular weight excluding hydrogens is 310 g/mol. The van der Waals surface area contributed by atoms with Crippen molar-refractivity contribution in [3.05, 3.63) is 29.2 Å². The molecule has 0 unspecified atom stereocenters. The van der Waals surface area contributed by atoms with E-state index in [1.807, 2.05) is 38.1 Å². The number of nitrogens with one attached hydrogen (secondary N) is 1. The maximum atomic E-state index is 10.9. The van der Waals surface area contributed by atoms with Gasteiger partial charge in [0.25, 0.3) is 0 Å². The van der Waals surface area contributed by atoms with E-state index < -0.39 is 0 Å². The average Bonchev–Trinajstić information content (AvgIpc) is 2.88. The summed E-state index contributed by atoms with van der Waals surface area (Å²) in [6, 6.07) is 7.84. The Morgan fingerprint density at radius 2 is 2.19 bits per heavy atom. The molecule has 0 spiro atoms. The van der Waals surface area contributed by atoms with Gasteiger partial charge in [-0.05, 0) is 12.1 Å². The molecule has 0 bridgehead atoms. The van der Waals surface area contributed by atoms with E-state index in [4.69, 9.17) is 0 Å². The number of aromatic nitrogens is 1. The van der Waals surface area contributed by atoms with Crippen LogP contribution in [0.25, 0.3) is 10.2 Å². The third-order valence-corrected chi connectivity index (χ3v) is 3.66. The zero-order valence-corrected chi connectivity index (χ0v) is 13.7. The Kier molecular flexibility index (Phi) is 7.70. The summed E-state index contributed by atoms with van der Waals surface area (Å²) in [6.07, 6.45) is 0. The van der Waals surface area contributed by atoms with Crippen molar-refractivity contribution in [1.82, 2.24) is 4.98 Å². The smallest absolute Gasteiger partial charge is 0.325 e. The van der Waals surface area contributed by atoms with Crippen molar-refractivity contribution in [3.8, 4) is 0 Å². The fraction of sp³-hybridized carbons (Fsp3) is 0.385. The van der Waals surface area contributed by atoms with Gasteiger partial charge in [0.05, 0.1) is 17.3 Å². The van der Waals surface area contributed by atoms with Crippen molar-refractivity contribution in [2.24, 2.45) is 4.58 Å². The van der Waals surface area contributed by atoms with Crippen molar-refractivity contribution in [2.75, 3.05) is 19.0 Å². The summed E-state index contributed by atoms with van der Waals surface area (Å²) >= 11 is 2.58. The number of anilines is 1. The number of para-hydroxylation sites is 1. The van der Waals surface area contributed by atoms with Gasteiger partial charge in [-0.2, -0.15) is 0 Å². The Bertz CT molecular complexity index is 554. The van der Waals surface area contributed by atoms with Crippen LogP contribution in [-0.2, 0) is 9.53 Å². The largest absolute Gasteiger partial charge is 0.468 e. The molecule has 1 heterocycles. The van der Waals surface area contributed by atoms with E-state index in [-0.39, 0.29) is 12.5 Å². The molecule has 6 nitrogen and oxygen atoms in total. The van der Waals surface area contributed by atoms with Gasteiger partial charge in [0, 0.05) is 21.8 Å². The van der Waals surface area contributed by atoms with Crippen molar-refractivity contribution in [3.63, 3.8) is 0 Å². The maximum absolute atomic E-state index is 10.9. The summed E-state index contributed by atoms with van der Waals surface area (Å²) in [5, 5.41) is 3.99. The molecule has 0 aliphatic carbocycles. The molecular formula is C13H17N3O3S2. The summed E-state index contributed by atoms with van der Waals surface area (Å²) in [5.74, 6) is -0.297. The van der Waals surface area contributed by atoms with E-state index in [0.29, 0.717) is 5.25 Å². The molecule has 1 aromatic carbocycles. The topological polar surface area (TPSA) is 80.6 Å². The van der Waals surface area contributed by atoms with E-state index in [2.05, 4.69) is 19.6 Å². The van der Waals surface area contributed by atoms with Crippen LogP contribution >= 0.6 is 23.3 Å². The minimum absolute atomic E-state index is 0.149. The van der Waals surface area contributed by atoms with E-state index in [1.165, 1.54) is 18.4 Å². The number of hydrogen-bond donors (Lipinski definition) is 1. The van der Waals surface area contributed by atoms with Crippen LogP contribution in [0.5, 0.6) is 0 Å². The van der Waals surface area contributed by atoms with Gasteiger partial charge in [-0.3, -0.25) is 4.79 Å². The Morgan fingerprint density at radius 3 is 2.71 bits per heavy atom. The number of esters is 1. The molecule has 114 valence electrons. The molecule has 21 heavy (non-hydrogen) atoms. The molecule has 0 aliphatic heterocycles. The Hall–Kier alpha value is -1.67. The molecule has 8 heteroatoms. The Labute approximate surface area is 131 Å². The minimum Gasteiger partial charge on any atom is -0.468 e. The second-order valence-electron chi connectivity index (χ2n) is 4.15. The van der Waals surface area contributed by atoms with Gasteiger partial charge in [-0.25, -0.2) is 4.98 Å². The molecule has 0 fully saturated rings. The highest BCUT2D eigenvalue weighted by atomic mass is 32.2. The number of nitroso groups, excluding NO2 is 1. The quantitative estimate of drug-likeness (QED) is 0.512. The van der Waals surface area contributed by atoms with Crippen molar-refractivity contribution in [2.45, 2.75) is 19.1 Å². The molecule has 2 aromatic rings. The summed E-state index contributed by atoms with van der Waals surface area (Å²) in [5.41, 5.74) is 0.940. The SMILES string of the molecule is CC(C)SN=O.COC(=O)CNc1nc2ccccc2s1. The number of hydrogen-bond acceptors (Lipinski definition) is 8. The van der Waals surface area contributed by atoms with Gasteiger partial charge < -0.3 is 10.1 Å². The van der Waals surface area contributed by atoms with E-state index in [9.17, 15) is 9.70 Å². The van der Waals surface area contributed by atoms with Crippen LogP contribution in [0.1, 0.15) is 13.8 Å². The highest BCUT2D eigenvalue weighted by Crippen LogP contribution is 2.24. The average molecular weight is 327 g/mol. The van der Waals surface area contributed by atoms with Crippen LogP contribution in [0.4, 0.5) is 5.13 Å².